The first-order chi connectivity index (χ1) is 10.2. The SMILES string of the molecule is CCC(CN)CC(=O)Nc1ccccc1SC1CCCC1. The van der Waals surface area contributed by atoms with E-state index in [-0.39, 0.29) is 11.8 Å². The number of nitrogens with one attached hydrogen (secondary N) is 1. The van der Waals surface area contributed by atoms with Crippen molar-refractivity contribution in [3.63, 3.8) is 0 Å². The van der Waals surface area contributed by atoms with Crippen molar-refractivity contribution in [3.8, 4) is 0 Å². The average molecular weight is 306 g/mol. The summed E-state index contributed by atoms with van der Waals surface area (Å²) < 4.78 is 0. The Labute approximate surface area is 132 Å². The number of hydrogen-bond acceptors (Lipinski definition) is 3. The third-order valence-electron chi connectivity index (χ3n) is 4.14. The van der Waals surface area contributed by atoms with Crippen LogP contribution in [0, 0.1) is 5.92 Å². The smallest absolute Gasteiger partial charge is 0.224 e. The highest BCUT2D eigenvalue weighted by atomic mass is 32.2. The minimum Gasteiger partial charge on any atom is -0.330 e. The first-order valence-corrected chi connectivity index (χ1v) is 8.86. The van der Waals surface area contributed by atoms with E-state index < -0.39 is 0 Å². The Hall–Kier alpha value is -1.00. The number of benzene rings is 1. The van der Waals surface area contributed by atoms with E-state index in [9.17, 15) is 4.79 Å². The van der Waals surface area contributed by atoms with Crippen molar-refractivity contribution in [1.82, 2.24) is 0 Å². The quantitative estimate of drug-likeness (QED) is 0.799. The molecule has 0 radical (unpaired) electrons. The molecule has 116 valence electrons. The summed E-state index contributed by atoms with van der Waals surface area (Å²) in [7, 11) is 0. The minimum absolute atomic E-state index is 0.0757. The Balaban J connectivity index is 1.97. The second-order valence-electron chi connectivity index (χ2n) is 5.78. The zero-order chi connectivity index (χ0) is 15.1. The molecule has 0 bridgehead atoms. The number of carbonyl (C=O) groups excluding carboxylic acids is 1. The third kappa shape index (κ3) is 5.04. The van der Waals surface area contributed by atoms with Crippen LogP contribution >= 0.6 is 11.8 Å². The van der Waals surface area contributed by atoms with Gasteiger partial charge in [-0.15, -0.1) is 11.8 Å². The molecule has 1 aliphatic rings. The Morgan fingerprint density at radius 1 is 1.38 bits per heavy atom. The Morgan fingerprint density at radius 3 is 2.76 bits per heavy atom. The van der Waals surface area contributed by atoms with E-state index >= 15 is 0 Å². The van der Waals surface area contributed by atoms with Gasteiger partial charge in [0.15, 0.2) is 0 Å². The highest BCUT2D eigenvalue weighted by Gasteiger charge is 2.18. The largest absolute Gasteiger partial charge is 0.330 e. The molecule has 1 aliphatic carbocycles. The molecule has 1 unspecified atom stereocenters. The molecule has 1 fully saturated rings. The second-order valence-corrected chi connectivity index (χ2v) is 7.12. The van der Waals surface area contributed by atoms with Crippen molar-refractivity contribution in [1.29, 1.82) is 0 Å². The summed E-state index contributed by atoms with van der Waals surface area (Å²) in [5.74, 6) is 0.353. The summed E-state index contributed by atoms with van der Waals surface area (Å²) in [6, 6.07) is 8.13. The molecule has 1 atom stereocenters. The van der Waals surface area contributed by atoms with Gasteiger partial charge in [0.25, 0.3) is 0 Å². The van der Waals surface area contributed by atoms with Gasteiger partial charge in [-0.05, 0) is 37.4 Å². The van der Waals surface area contributed by atoms with E-state index in [1.165, 1.54) is 30.6 Å². The highest BCUT2D eigenvalue weighted by molar-refractivity contribution is 8.00. The summed E-state index contributed by atoms with van der Waals surface area (Å²) >= 11 is 1.91. The summed E-state index contributed by atoms with van der Waals surface area (Å²) in [5.41, 5.74) is 6.63. The monoisotopic (exact) mass is 306 g/mol. The predicted molar refractivity (Wildman–Crippen MR) is 90.6 cm³/mol. The molecule has 1 saturated carbocycles. The van der Waals surface area contributed by atoms with E-state index in [2.05, 4.69) is 18.3 Å². The maximum Gasteiger partial charge on any atom is 0.224 e. The Morgan fingerprint density at radius 2 is 2.10 bits per heavy atom. The Kier molecular flexibility index (Phi) is 6.58. The summed E-state index contributed by atoms with van der Waals surface area (Å²) in [4.78, 5) is 13.3. The van der Waals surface area contributed by atoms with Crippen LogP contribution in [0.1, 0.15) is 45.4 Å². The van der Waals surface area contributed by atoms with Gasteiger partial charge in [0, 0.05) is 16.6 Å². The molecule has 21 heavy (non-hydrogen) atoms. The molecule has 0 aliphatic heterocycles. The molecule has 3 nitrogen and oxygen atoms in total. The van der Waals surface area contributed by atoms with Gasteiger partial charge in [-0.25, -0.2) is 0 Å². The van der Waals surface area contributed by atoms with Crippen LogP contribution in [0.25, 0.3) is 0 Å². The fourth-order valence-electron chi connectivity index (χ4n) is 2.72. The molecule has 1 aromatic carbocycles. The number of thioether (sulfide) groups is 1. The maximum absolute atomic E-state index is 12.2. The standard InChI is InChI=1S/C17H26N2OS/c1-2-13(12-18)11-17(20)19-15-9-5-6-10-16(15)21-14-7-3-4-8-14/h5-6,9-10,13-14H,2-4,7-8,11-12,18H2,1H3,(H,19,20). The number of amides is 1. The fourth-order valence-corrected chi connectivity index (χ4v) is 4.05. The zero-order valence-electron chi connectivity index (χ0n) is 12.8. The lowest BCUT2D eigenvalue weighted by Crippen LogP contribution is -2.22. The molecule has 0 spiro atoms. The van der Waals surface area contributed by atoms with E-state index in [0.717, 1.165) is 12.1 Å². The van der Waals surface area contributed by atoms with Crippen LogP contribution in [-0.4, -0.2) is 17.7 Å². The second kappa shape index (κ2) is 8.44. The maximum atomic E-state index is 12.2. The first kappa shape index (κ1) is 16.4. The number of hydrogen-bond donors (Lipinski definition) is 2. The zero-order valence-corrected chi connectivity index (χ0v) is 13.6. The molecule has 0 heterocycles. The highest BCUT2D eigenvalue weighted by Crippen LogP contribution is 2.38. The van der Waals surface area contributed by atoms with Crippen molar-refractivity contribution < 1.29 is 4.79 Å². The molecular formula is C17H26N2OS. The molecular weight excluding hydrogens is 280 g/mol. The van der Waals surface area contributed by atoms with Crippen molar-refractivity contribution in [2.45, 2.75) is 55.6 Å². The van der Waals surface area contributed by atoms with Crippen LogP contribution < -0.4 is 11.1 Å². The van der Waals surface area contributed by atoms with E-state index in [4.69, 9.17) is 5.73 Å². The fraction of sp³-hybridized carbons (Fsp3) is 0.588. The van der Waals surface area contributed by atoms with Crippen LogP contribution in [-0.2, 0) is 4.79 Å². The summed E-state index contributed by atoms with van der Waals surface area (Å²) in [6.45, 7) is 2.65. The van der Waals surface area contributed by atoms with Crippen molar-refractivity contribution in [2.75, 3.05) is 11.9 Å². The number of carbonyl (C=O) groups is 1. The van der Waals surface area contributed by atoms with Gasteiger partial charge in [0.1, 0.15) is 0 Å². The summed E-state index contributed by atoms with van der Waals surface area (Å²) in [5, 5.41) is 3.77. The van der Waals surface area contributed by atoms with Gasteiger partial charge in [-0.2, -0.15) is 0 Å². The molecule has 0 aromatic heterocycles. The molecule has 1 amide bonds. The first-order valence-electron chi connectivity index (χ1n) is 7.98. The lowest BCUT2D eigenvalue weighted by atomic mass is 10.0. The van der Waals surface area contributed by atoms with E-state index in [1.54, 1.807) is 0 Å². The lowest BCUT2D eigenvalue weighted by Gasteiger charge is -2.16. The number of para-hydroxylation sites is 1. The van der Waals surface area contributed by atoms with Gasteiger partial charge < -0.3 is 11.1 Å². The van der Waals surface area contributed by atoms with Crippen molar-refractivity contribution in [2.24, 2.45) is 11.7 Å². The molecule has 3 N–H and O–H groups in total. The Bertz CT molecular complexity index is 454. The molecule has 4 heteroatoms. The third-order valence-corrected chi connectivity index (χ3v) is 5.56. The predicted octanol–water partition coefficient (Wildman–Crippen LogP) is 4.03. The normalized spacial score (nSPS) is 16.9. The van der Waals surface area contributed by atoms with Crippen LogP contribution in [0.15, 0.2) is 29.2 Å². The topological polar surface area (TPSA) is 55.1 Å². The summed E-state index contributed by atoms with van der Waals surface area (Å²) in [6.07, 6.45) is 6.70. The van der Waals surface area contributed by atoms with E-state index in [1.807, 2.05) is 30.0 Å². The lowest BCUT2D eigenvalue weighted by molar-refractivity contribution is -0.117. The number of nitrogens with two attached hydrogens (primary N) is 1. The average Bonchev–Trinajstić information content (AvgIpc) is 3.00. The minimum atomic E-state index is 0.0757. The van der Waals surface area contributed by atoms with Crippen LogP contribution in [0.4, 0.5) is 5.69 Å². The van der Waals surface area contributed by atoms with Crippen molar-refractivity contribution in [3.05, 3.63) is 24.3 Å². The van der Waals surface area contributed by atoms with Crippen LogP contribution in [0.5, 0.6) is 0 Å². The van der Waals surface area contributed by atoms with Crippen molar-refractivity contribution >= 4 is 23.4 Å². The number of anilines is 1. The number of rotatable bonds is 7. The molecule has 2 rings (SSSR count). The van der Waals surface area contributed by atoms with Crippen LogP contribution in [0.3, 0.4) is 0 Å². The van der Waals surface area contributed by atoms with Gasteiger partial charge in [0.2, 0.25) is 5.91 Å². The van der Waals surface area contributed by atoms with Crippen LogP contribution in [0.2, 0.25) is 0 Å². The molecule has 0 saturated heterocycles. The van der Waals surface area contributed by atoms with Gasteiger partial charge in [-0.3, -0.25) is 4.79 Å². The van der Waals surface area contributed by atoms with E-state index in [0.29, 0.717) is 18.2 Å². The van der Waals surface area contributed by atoms with Gasteiger partial charge in [0.05, 0.1) is 5.69 Å². The molecule has 1 aromatic rings. The van der Waals surface area contributed by atoms with Gasteiger partial charge in [-0.1, -0.05) is 38.3 Å². The van der Waals surface area contributed by atoms with Gasteiger partial charge >= 0.3 is 0 Å².